The highest BCUT2D eigenvalue weighted by Crippen LogP contribution is 2.17. The van der Waals surface area contributed by atoms with Gasteiger partial charge in [-0.3, -0.25) is 4.68 Å². The lowest BCUT2D eigenvalue weighted by atomic mass is 10.2. The summed E-state index contributed by atoms with van der Waals surface area (Å²) in [4.78, 5) is 0.266. The Labute approximate surface area is 127 Å². The summed E-state index contributed by atoms with van der Waals surface area (Å²) in [5.74, 6) is 0. The van der Waals surface area contributed by atoms with E-state index in [4.69, 9.17) is 0 Å². The van der Waals surface area contributed by atoms with Gasteiger partial charge in [-0.25, -0.2) is 13.1 Å². The molecule has 1 aromatic heterocycles. The van der Waals surface area contributed by atoms with Crippen LogP contribution in [-0.4, -0.2) is 18.2 Å². The number of nitrogens with one attached hydrogen (secondary N) is 1. The summed E-state index contributed by atoms with van der Waals surface area (Å²) in [6.45, 7) is 4.76. The van der Waals surface area contributed by atoms with Gasteiger partial charge in [0.2, 0.25) is 10.0 Å². The average molecular weight is 358 g/mol. The second-order valence-corrected chi connectivity index (χ2v) is 7.01. The summed E-state index contributed by atoms with van der Waals surface area (Å²) >= 11 is 3.37. The fraction of sp³-hybridized carbons (Fsp3) is 0.308. The lowest BCUT2D eigenvalue weighted by molar-refractivity contribution is 0.570. The van der Waals surface area contributed by atoms with Crippen molar-refractivity contribution in [3.63, 3.8) is 0 Å². The van der Waals surface area contributed by atoms with Crippen LogP contribution in [0.15, 0.2) is 39.8 Å². The molecule has 0 unspecified atom stereocenters. The summed E-state index contributed by atoms with van der Waals surface area (Å²) in [6, 6.07) is 6.76. The third kappa shape index (κ3) is 3.28. The molecule has 2 aromatic rings. The van der Waals surface area contributed by atoms with Gasteiger partial charge in [-0.05, 0) is 41.9 Å². The zero-order chi connectivity index (χ0) is 14.8. The molecule has 0 radical (unpaired) electrons. The molecule has 5 nitrogen and oxygen atoms in total. The number of aromatic nitrogens is 2. The summed E-state index contributed by atoms with van der Waals surface area (Å²) in [6.07, 6.45) is 1.67. The smallest absolute Gasteiger partial charge is 0.240 e. The van der Waals surface area contributed by atoms with Crippen molar-refractivity contribution in [2.24, 2.45) is 0 Å². The van der Waals surface area contributed by atoms with Crippen LogP contribution in [0.3, 0.4) is 0 Å². The SMILES string of the molecule is CCn1ncc(Br)c1CNS(=O)(=O)c1ccc(C)cc1. The molecule has 0 saturated heterocycles. The van der Waals surface area contributed by atoms with Gasteiger partial charge in [0.05, 0.1) is 27.8 Å². The van der Waals surface area contributed by atoms with Crippen LogP contribution in [0.1, 0.15) is 18.2 Å². The van der Waals surface area contributed by atoms with E-state index < -0.39 is 10.0 Å². The van der Waals surface area contributed by atoms with Crippen molar-refractivity contribution >= 4 is 26.0 Å². The lowest BCUT2D eigenvalue weighted by Gasteiger charge is -2.09. The molecule has 0 spiro atoms. The third-order valence-electron chi connectivity index (χ3n) is 2.96. The minimum absolute atomic E-state index is 0.199. The number of nitrogens with zero attached hydrogens (tertiary/aromatic N) is 2. The molecule has 1 aromatic carbocycles. The molecule has 0 bridgehead atoms. The molecule has 0 aliphatic rings. The predicted octanol–water partition coefficient (Wildman–Crippen LogP) is 2.45. The predicted molar refractivity (Wildman–Crippen MR) is 80.8 cm³/mol. The van der Waals surface area contributed by atoms with Crippen molar-refractivity contribution in [3.8, 4) is 0 Å². The zero-order valence-electron chi connectivity index (χ0n) is 11.3. The molecule has 2 rings (SSSR count). The molecule has 0 fully saturated rings. The zero-order valence-corrected chi connectivity index (χ0v) is 13.7. The van der Waals surface area contributed by atoms with E-state index in [1.54, 1.807) is 35.1 Å². The summed E-state index contributed by atoms with van der Waals surface area (Å²) in [5, 5.41) is 4.15. The van der Waals surface area contributed by atoms with Crippen LogP contribution in [0.2, 0.25) is 0 Å². The highest BCUT2D eigenvalue weighted by Gasteiger charge is 2.16. The molecule has 0 aliphatic carbocycles. The van der Waals surface area contributed by atoms with Crippen LogP contribution in [0, 0.1) is 6.92 Å². The van der Waals surface area contributed by atoms with Crippen molar-refractivity contribution in [1.29, 1.82) is 0 Å². The van der Waals surface area contributed by atoms with Gasteiger partial charge in [-0.1, -0.05) is 17.7 Å². The number of aryl methyl sites for hydroxylation is 2. The molecule has 0 atom stereocenters. The Morgan fingerprint density at radius 2 is 1.95 bits per heavy atom. The Bertz CT molecular complexity index is 693. The van der Waals surface area contributed by atoms with Gasteiger partial charge in [-0.2, -0.15) is 5.10 Å². The van der Waals surface area contributed by atoms with Crippen molar-refractivity contribution in [3.05, 3.63) is 46.2 Å². The van der Waals surface area contributed by atoms with Crippen LogP contribution < -0.4 is 4.72 Å². The van der Waals surface area contributed by atoms with Crippen molar-refractivity contribution in [2.75, 3.05) is 0 Å². The fourth-order valence-corrected chi connectivity index (χ4v) is 3.22. The molecule has 1 heterocycles. The van der Waals surface area contributed by atoms with Crippen LogP contribution in [0.5, 0.6) is 0 Å². The minimum Gasteiger partial charge on any atom is -0.267 e. The third-order valence-corrected chi connectivity index (χ3v) is 5.04. The highest BCUT2D eigenvalue weighted by molar-refractivity contribution is 9.10. The normalized spacial score (nSPS) is 11.8. The fourth-order valence-electron chi connectivity index (χ4n) is 1.80. The lowest BCUT2D eigenvalue weighted by Crippen LogP contribution is -2.25. The number of benzene rings is 1. The molecule has 7 heteroatoms. The Morgan fingerprint density at radius 3 is 2.55 bits per heavy atom. The number of hydrogen-bond acceptors (Lipinski definition) is 3. The molecular formula is C13H16BrN3O2S. The van der Waals surface area contributed by atoms with Gasteiger partial charge in [-0.15, -0.1) is 0 Å². The maximum absolute atomic E-state index is 12.2. The van der Waals surface area contributed by atoms with Crippen molar-refractivity contribution < 1.29 is 8.42 Å². The Morgan fingerprint density at radius 1 is 1.30 bits per heavy atom. The van der Waals surface area contributed by atoms with Crippen LogP contribution >= 0.6 is 15.9 Å². The van der Waals surface area contributed by atoms with E-state index in [0.717, 1.165) is 15.7 Å². The number of rotatable bonds is 5. The van der Waals surface area contributed by atoms with Gasteiger partial charge in [0.25, 0.3) is 0 Å². The Balaban J connectivity index is 2.17. The summed E-state index contributed by atoms with van der Waals surface area (Å²) in [7, 11) is -3.51. The van der Waals surface area contributed by atoms with E-state index in [2.05, 4.69) is 25.8 Å². The first kappa shape index (κ1) is 15.2. The first-order valence-corrected chi connectivity index (χ1v) is 8.48. The molecular weight excluding hydrogens is 342 g/mol. The quantitative estimate of drug-likeness (QED) is 0.893. The Hall–Kier alpha value is -1.18. The van der Waals surface area contributed by atoms with Crippen LogP contribution in [0.25, 0.3) is 0 Å². The van der Waals surface area contributed by atoms with Gasteiger partial charge >= 0.3 is 0 Å². The standard InChI is InChI=1S/C13H16BrN3O2S/c1-3-17-13(12(14)8-15-17)9-16-20(18,19)11-6-4-10(2)5-7-11/h4-8,16H,3,9H2,1-2H3. The van der Waals surface area contributed by atoms with Gasteiger partial charge in [0.1, 0.15) is 0 Å². The second kappa shape index (κ2) is 6.07. The molecule has 1 N–H and O–H groups in total. The maximum Gasteiger partial charge on any atom is 0.240 e. The van der Waals surface area contributed by atoms with E-state index in [0.29, 0.717) is 6.54 Å². The maximum atomic E-state index is 12.2. The average Bonchev–Trinajstić information content (AvgIpc) is 2.77. The number of sulfonamides is 1. The van der Waals surface area contributed by atoms with Crippen LogP contribution in [0.4, 0.5) is 0 Å². The van der Waals surface area contributed by atoms with E-state index in [1.165, 1.54) is 0 Å². The minimum atomic E-state index is -3.51. The summed E-state index contributed by atoms with van der Waals surface area (Å²) in [5.41, 5.74) is 1.83. The molecule has 108 valence electrons. The first-order valence-electron chi connectivity index (χ1n) is 6.20. The van der Waals surface area contributed by atoms with Gasteiger partial charge < -0.3 is 0 Å². The van der Waals surface area contributed by atoms with Crippen molar-refractivity contribution in [1.82, 2.24) is 14.5 Å². The largest absolute Gasteiger partial charge is 0.267 e. The Kier molecular flexibility index (Phi) is 4.62. The van der Waals surface area contributed by atoms with E-state index in [-0.39, 0.29) is 11.4 Å². The van der Waals surface area contributed by atoms with Crippen molar-refractivity contribution in [2.45, 2.75) is 31.8 Å². The number of hydrogen-bond donors (Lipinski definition) is 1. The highest BCUT2D eigenvalue weighted by atomic mass is 79.9. The van der Waals surface area contributed by atoms with Gasteiger partial charge in [0, 0.05) is 6.54 Å². The van der Waals surface area contributed by atoms with Crippen LogP contribution in [-0.2, 0) is 23.1 Å². The second-order valence-electron chi connectivity index (χ2n) is 4.39. The monoisotopic (exact) mass is 357 g/mol. The molecule has 0 aliphatic heterocycles. The molecule has 20 heavy (non-hydrogen) atoms. The number of halogens is 1. The van der Waals surface area contributed by atoms with E-state index >= 15 is 0 Å². The van der Waals surface area contributed by atoms with Gasteiger partial charge in [0.15, 0.2) is 0 Å². The molecule has 0 amide bonds. The molecule has 0 saturated carbocycles. The van der Waals surface area contributed by atoms with E-state index in [1.807, 2.05) is 13.8 Å². The topological polar surface area (TPSA) is 64.0 Å². The van der Waals surface area contributed by atoms with E-state index in [9.17, 15) is 8.42 Å². The summed E-state index contributed by atoms with van der Waals surface area (Å²) < 4.78 is 29.5. The first-order chi connectivity index (χ1) is 9.44.